The maximum absolute atomic E-state index is 12.6. The van der Waals surface area contributed by atoms with Gasteiger partial charge in [-0.15, -0.1) is 0 Å². The minimum absolute atomic E-state index is 0.337. The van der Waals surface area contributed by atoms with Gasteiger partial charge in [-0.3, -0.25) is 4.98 Å². The van der Waals surface area contributed by atoms with E-state index >= 15 is 0 Å². The lowest BCUT2D eigenvalue weighted by Gasteiger charge is -2.28. The number of benzene rings is 2. The first kappa shape index (κ1) is 18.7. The van der Waals surface area contributed by atoms with Gasteiger partial charge in [-0.1, -0.05) is 50.1 Å². The summed E-state index contributed by atoms with van der Waals surface area (Å²) < 4.78 is 5.64. The van der Waals surface area contributed by atoms with E-state index < -0.39 is 0 Å². The Morgan fingerprint density at radius 1 is 1.00 bits per heavy atom. The van der Waals surface area contributed by atoms with Crippen LogP contribution in [0.15, 0.2) is 60.8 Å². The molecule has 0 radical (unpaired) electrons. The summed E-state index contributed by atoms with van der Waals surface area (Å²) in [5.74, 6) is 1.70. The summed E-state index contributed by atoms with van der Waals surface area (Å²) in [7, 11) is 0. The molecule has 0 amide bonds. The quantitative estimate of drug-likeness (QED) is 0.377. The van der Waals surface area contributed by atoms with E-state index in [0.29, 0.717) is 22.7 Å². The molecule has 1 aliphatic rings. The second-order valence-corrected chi connectivity index (χ2v) is 7.85. The highest BCUT2D eigenvalue weighted by Crippen LogP contribution is 2.37. The van der Waals surface area contributed by atoms with Gasteiger partial charge in [-0.25, -0.2) is 4.79 Å². The summed E-state index contributed by atoms with van der Waals surface area (Å²) in [6, 6.07) is 17.5. The summed E-state index contributed by atoms with van der Waals surface area (Å²) >= 11 is 0. The number of ether oxygens (including phenoxy) is 1. The molecule has 3 aromatic rings. The molecule has 1 heterocycles. The molecule has 144 valence electrons. The normalized spacial score (nSPS) is 19.5. The van der Waals surface area contributed by atoms with Gasteiger partial charge in [-0.05, 0) is 67.3 Å². The summed E-state index contributed by atoms with van der Waals surface area (Å²) in [4.78, 5) is 17.0. The summed E-state index contributed by atoms with van der Waals surface area (Å²) in [5, 5.41) is 0.960. The number of esters is 1. The number of para-hydroxylation sites is 1. The van der Waals surface area contributed by atoms with Crippen molar-refractivity contribution in [3.63, 3.8) is 0 Å². The highest BCUT2D eigenvalue weighted by molar-refractivity contribution is 5.94. The van der Waals surface area contributed by atoms with Crippen molar-refractivity contribution in [1.29, 1.82) is 0 Å². The van der Waals surface area contributed by atoms with Crippen molar-refractivity contribution in [3.05, 3.63) is 71.9 Å². The number of nitrogens with zero attached hydrogens (tertiary/aromatic N) is 1. The highest BCUT2D eigenvalue weighted by Gasteiger charge is 2.22. The van der Waals surface area contributed by atoms with Crippen molar-refractivity contribution in [1.82, 2.24) is 4.98 Å². The van der Waals surface area contributed by atoms with Gasteiger partial charge in [0.15, 0.2) is 5.75 Å². The van der Waals surface area contributed by atoms with Crippen LogP contribution >= 0.6 is 0 Å². The van der Waals surface area contributed by atoms with Crippen LogP contribution in [0.5, 0.6) is 5.75 Å². The molecule has 28 heavy (non-hydrogen) atoms. The third kappa shape index (κ3) is 4.09. The molecule has 0 unspecified atom stereocenters. The van der Waals surface area contributed by atoms with Crippen LogP contribution in [-0.2, 0) is 0 Å². The second-order valence-electron chi connectivity index (χ2n) is 7.85. The molecule has 1 aliphatic carbocycles. The Morgan fingerprint density at radius 2 is 1.75 bits per heavy atom. The van der Waals surface area contributed by atoms with Crippen LogP contribution in [-0.4, -0.2) is 11.0 Å². The van der Waals surface area contributed by atoms with Gasteiger partial charge in [-0.2, -0.15) is 0 Å². The Bertz CT molecular complexity index is 935. The van der Waals surface area contributed by atoms with Gasteiger partial charge >= 0.3 is 5.97 Å². The summed E-state index contributed by atoms with van der Waals surface area (Å²) in [6.07, 6.45) is 9.54. The fourth-order valence-corrected chi connectivity index (χ4v) is 4.40. The van der Waals surface area contributed by atoms with Crippen molar-refractivity contribution in [2.45, 2.75) is 51.4 Å². The summed E-state index contributed by atoms with van der Waals surface area (Å²) in [6.45, 7) is 2.28. The van der Waals surface area contributed by atoms with E-state index in [1.807, 2.05) is 36.4 Å². The third-order valence-corrected chi connectivity index (χ3v) is 5.96. The van der Waals surface area contributed by atoms with Crippen LogP contribution in [0.25, 0.3) is 10.9 Å². The topological polar surface area (TPSA) is 39.2 Å². The number of rotatable bonds is 5. The molecule has 0 spiro atoms. The van der Waals surface area contributed by atoms with Crippen LogP contribution < -0.4 is 4.74 Å². The molecular weight excluding hydrogens is 346 g/mol. The molecule has 0 atom stereocenters. The summed E-state index contributed by atoms with van der Waals surface area (Å²) in [5.41, 5.74) is 2.63. The molecule has 1 aromatic heterocycles. The minimum Gasteiger partial charge on any atom is -0.421 e. The molecule has 1 saturated carbocycles. The predicted octanol–water partition coefficient (Wildman–Crippen LogP) is 6.53. The number of carbonyl (C=O) groups excluding carboxylic acids is 1. The van der Waals surface area contributed by atoms with E-state index in [2.05, 4.69) is 24.0 Å². The van der Waals surface area contributed by atoms with Crippen LogP contribution in [0.4, 0.5) is 0 Å². The first-order valence-electron chi connectivity index (χ1n) is 10.4. The van der Waals surface area contributed by atoms with Crippen LogP contribution in [0.2, 0.25) is 0 Å². The zero-order valence-electron chi connectivity index (χ0n) is 16.4. The highest BCUT2D eigenvalue weighted by atomic mass is 16.5. The first-order valence-corrected chi connectivity index (χ1v) is 10.4. The maximum atomic E-state index is 12.6. The van der Waals surface area contributed by atoms with E-state index in [1.54, 1.807) is 12.3 Å². The van der Waals surface area contributed by atoms with E-state index in [0.717, 1.165) is 11.3 Å². The fraction of sp³-hybridized carbons (Fsp3) is 0.360. The number of hydrogen-bond donors (Lipinski definition) is 0. The number of fused-ring (bicyclic) bond motifs is 1. The SMILES string of the molecule is CCCC1CCC(c2ccc(C(=O)Oc3cccc4cccnc34)cc2)CC1. The van der Waals surface area contributed by atoms with Gasteiger partial charge in [0, 0.05) is 11.6 Å². The Hall–Kier alpha value is -2.68. The van der Waals surface area contributed by atoms with E-state index in [1.165, 1.54) is 44.1 Å². The van der Waals surface area contributed by atoms with Gasteiger partial charge < -0.3 is 4.74 Å². The Kier molecular flexibility index (Phi) is 5.70. The second kappa shape index (κ2) is 8.55. The Morgan fingerprint density at radius 3 is 2.50 bits per heavy atom. The number of pyridine rings is 1. The van der Waals surface area contributed by atoms with Gasteiger partial charge in [0.2, 0.25) is 0 Å². The molecule has 3 heteroatoms. The molecule has 4 rings (SSSR count). The van der Waals surface area contributed by atoms with E-state index in [4.69, 9.17) is 4.74 Å². The lowest BCUT2D eigenvalue weighted by atomic mass is 9.77. The molecular formula is C25H27NO2. The van der Waals surface area contributed by atoms with Crippen molar-refractivity contribution in [2.24, 2.45) is 5.92 Å². The van der Waals surface area contributed by atoms with Gasteiger partial charge in [0.05, 0.1) is 5.56 Å². The standard InChI is InChI=1S/C25H27NO2/c1-2-5-18-9-11-19(12-10-18)20-13-15-22(16-14-20)25(27)28-23-8-3-6-21-7-4-17-26-24(21)23/h3-4,6-8,13-19H,2,5,9-12H2,1H3. The predicted molar refractivity (Wildman–Crippen MR) is 113 cm³/mol. The molecule has 1 fully saturated rings. The van der Waals surface area contributed by atoms with Crippen LogP contribution in [0.3, 0.4) is 0 Å². The molecule has 2 aromatic carbocycles. The molecule has 0 saturated heterocycles. The van der Waals surface area contributed by atoms with Crippen LogP contribution in [0.1, 0.15) is 67.3 Å². The van der Waals surface area contributed by atoms with Gasteiger partial charge in [0.1, 0.15) is 5.52 Å². The van der Waals surface area contributed by atoms with E-state index in [9.17, 15) is 4.79 Å². The maximum Gasteiger partial charge on any atom is 0.343 e. The van der Waals surface area contributed by atoms with Crippen molar-refractivity contribution >= 4 is 16.9 Å². The van der Waals surface area contributed by atoms with Crippen LogP contribution in [0, 0.1) is 5.92 Å². The van der Waals surface area contributed by atoms with Gasteiger partial charge in [0.25, 0.3) is 0 Å². The fourth-order valence-electron chi connectivity index (χ4n) is 4.40. The largest absolute Gasteiger partial charge is 0.421 e. The molecule has 0 aliphatic heterocycles. The average molecular weight is 373 g/mol. The first-order chi connectivity index (χ1) is 13.7. The van der Waals surface area contributed by atoms with Crippen molar-refractivity contribution in [2.75, 3.05) is 0 Å². The third-order valence-electron chi connectivity index (χ3n) is 5.96. The zero-order chi connectivity index (χ0) is 19.3. The molecule has 0 bridgehead atoms. The van der Waals surface area contributed by atoms with Crippen molar-refractivity contribution in [3.8, 4) is 5.75 Å². The number of aromatic nitrogens is 1. The lowest BCUT2D eigenvalue weighted by Crippen LogP contribution is -2.13. The smallest absolute Gasteiger partial charge is 0.343 e. The Balaban J connectivity index is 1.43. The zero-order valence-corrected chi connectivity index (χ0v) is 16.4. The number of carbonyl (C=O) groups is 1. The molecule has 0 N–H and O–H groups in total. The molecule has 3 nitrogen and oxygen atoms in total. The Labute approximate surface area is 166 Å². The van der Waals surface area contributed by atoms with E-state index in [-0.39, 0.29) is 5.97 Å². The lowest BCUT2D eigenvalue weighted by molar-refractivity contribution is 0.0736. The average Bonchev–Trinajstić information content (AvgIpc) is 2.75. The van der Waals surface area contributed by atoms with Crippen molar-refractivity contribution < 1.29 is 9.53 Å². The number of hydrogen-bond acceptors (Lipinski definition) is 3. The monoisotopic (exact) mass is 373 g/mol. The minimum atomic E-state index is -0.337.